The topological polar surface area (TPSA) is 22.4 Å². The Labute approximate surface area is 62.5 Å². The Kier molecular flexibility index (Phi) is 2.71. The van der Waals surface area contributed by atoms with Crippen LogP contribution in [0.1, 0.15) is 5.56 Å². The Hall–Kier alpha value is -0.543. The second kappa shape index (κ2) is 3.58. The van der Waals surface area contributed by atoms with E-state index in [0.717, 1.165) is 5.56 Å². The summed E-state index contributed by atoms with van der Waals surface area (Å²) in [6.07, 6.45) is 3.39. The normalized spacial score (nSPS) is 10.7. The van der Waals surface area contributed by atoms with Crippen molar-refractivity contribution in [2.24, 2.45) is 0 Å². The SMILES string of the molecule is C[SiH](C)OCc1ccoc1. The van der Waals surface area contributed by atoms with Gasteiger partial charge in [-0.15, -0.1) is 0 Å². The van der Waals surface area contributed by atoms with Gasteiger partial charge in [0, 0.05) is 5.56 Å². The molecule has 0 aromatic carbocycles. The first-order valence-corrected chi connectivity index (χ1v) is 6.20. The minimum absolute atomic E-state index is 0.709. The molecule has 0 amide bonds. The molecule has 0 bridgehead atoms. The maximum absolute atomic E-state index is 5.47. The number of furan rings is 1. The summed E-state index contributed by atoms with van der Waals surface area (Å²) in [5.41, 5.74) is 1.13. The molecule has 0 radical (unpaired) electrons. The predicted octanol–water partition coefficient (Wildman–Crippen LogP) is 1.78. The van der Waals surface area contributed by atoms with Crippen LogP contribution in [0.25, 0.3) is 0 Å². The molecule has 0 unspecified atom stereocenters. The molecule has 0 saturated carbocycles. The monoisotopic (exact) mass is 156 g/mol. The van der Waals surface area contributed by atoms with Crippen LogP contribution >= 0.6 is 0 Å². The van der Waals surface area contributed by atoms with Crippen molar-refractivity contribution in [3.63, 3.8) is 0 Å². The molecule has 0 N–H and O–H groups in total. The van der Waals surface area contributed by atoms with Crippen molar-refractivity contribution in [3.8, 4) is 0 Å². The summed E-state index contributed by atoms with van der Waals surface area (Å²) in [7, 11) is -0.857. The van der Waals surface area contributed by atoms with Crippen LogP contribution in [-0.2, 0) is 11.0 Å². The van der Waals surface area contributed by atoms with Gasteiger partial charge in [-0.25, -0.2) is 0 Å². The number of hydrogen-bond donors (Lipinski definition) is 0. The van der Waals surface area contributed by atoms with E-state index in [-0.39, 0.29) is 0 Å². The van der Waals surface area contributed by atoms with Gasteiger partial charge in [0.1, 0.15) is 0 Å². The smallest absolute Gasteiger partial charge is 0.171 e. The molecule has 2 nitrogen and oxygen atoms in total. The molecule has 56 valence electrons. The van der Waals surface area contributed by atoms with Crippen LogP contribution in [0.3, 0.4) is 0 Å². The van der Waals surface area contributed by atoms with Gasteiger partial charge in [0.2, 0.25) is 0 Å². The van der Waals surface area contributed by atoms with E-state index in [9.17, 15) is 0 Å². The molecule has 1 rings (SSSR count). The van der Waals surface area contributed by atoms with E-state index in [1.54, 1.807) is 12.5 Å². The van der Waals surface area contributed by atoms with Crippen LogP contribution in [0.4, 0.5) is 0 Å². The third-order valence-electron chi connectivity index (χ3n) is 1.16. The highest BCUT2D eigenvalue weighted by Gasteiger charge is 1.97. The van der Waals surface area contributed by atoms with Gasteiger partial charge in [0.25, 0.3) is 0 Å². The molecule has 10 heavy (non-hydrogen) atoms. The molecule has 0 saturated heterocycles. The van der Waals surface area contributed by atoms with Crippen molar-refractivity contribution in [1.29, 1.82) is 0 Å². The fourth-order valence-corrected chi connectivity index (χ4v) is 1.16. The van der Waals surface area contributed by atoms with Gasteiger partial charge in [-0.3, -0.25) is 0 Å². The maximum Gasteiger partial charge on any atom is 0.171 e. The molecule has 1 aromatic heterocycles. The second-order valence-corrected chi connectivity index (χ2v) is 4.92. The van der Waals surface area contributed by atoms with Gasteiger partial charge in [0.05, 0.1) is 19.1 Å². The summed E-state index contributed by atoms with van der Waals surface area (Å²) < 4.78 is 10.3. The fourth-order valence-electron chi connectivity index (χ4n) is 0.638. The number of rotatable bonds is 3. The first kappa shape index (κ1) is 7.56. The largest absolute Gasteiger partial charge is 0.472 e. The molecular formula is C7H12O2Si. The van der Waals surface area contributed by atoms with E-state index in [4.69, 9.17) is 8.84 Å². The highest BCUT2D eigenvalue weighted by atomic mass is 28.3. The molecule has 0 fully saturated rings. The Morgan fingerprint density at radius 2 is 2.40 bits per heavy atom. The van der Waals surface area contributed by atoms with Crippen LogP contribution in [0.2, 0.25) is 13.1 Å². The van der Waals surface area contributed by atoms with Crippen molar-refractivity contribution < 1.29 is 8.84 Å². The average Bonchev–Trinajstić information content (AvgIpc) is 2.34. The van der Waals surface area contributed by atoms with E-state index in [1.807, 2.05) is 6.07 Å². The van der Waals surface area contributed by atoms with Crippen molar-refractivity contribution in [3.05, 3.63) is 24.2 Å². The van der Waals surface area contributed by atoms with Crippen LogP contribution in [0, 0.1) is 0 Å². The van der Waals surface area contributed by atoms with E-state index in [0.29, 0.717) is 6.61 Å². The molecule has 1 aromatic rings. The molecular weight excluding hydrogens is 144 g/mol. The molecule has 1 heterocycles. The Morgan fingerprint density at radius 1 is 1.60 bits per heavy atom. The van der Waals surface area contributed by atoms with Crippen molar-refractivity contribution in [2.75, 3.05) is 0 Å². The van der Waals surface area contributed by atoms with Gasteiger partial charge in [-0.05, 0) is 19.2 Å². The summed E-state index contributed by atoms with van der Waals surface area (Å²) in [6, 6.07) is 1.93. The molecule has 3 heteroatoms. The van der Waals surface area contributed by atoms with E-state index >= 15 is 0 Å². The molecule has 0 aliphatic carbocycles. The summed E-state index contributed by atoms with van der Waals surface area (Å²) in [4.78, 5) is 0. The highest BCUT2D eigenvalue weighted by molar-refractivity contribution is 6.48. The average molecular weight is 156 g/mol. The Balaban J connectivity index is 2.28. The zero-order valence-corrected chi connectivity index (χ0v) is 7.49. The van der Waals surface area contributed by atoms with Crippen molar-refractivity contribution in [1.82, 2.24) is 0 Å². The van der Waals surface area contributed by atoms with Crippen LogP contribution in [0.5, 0.6) is 0 Å². The fraction of sp³-hybridized carbons (Fsp3) is 0.429. The van der Waals surface area contributed by atoms with Crippen molar-refractivity contribution in [2.45, 2.75) is 19.7 Å². The quantitative estimate of drug-likeness (QED) is 0.622. The lowest BCUT2D eigenvalue weighted by atomic mass is 10.4. The van der Waals surface area contributed by atoms with Crippen LogP contribution in [-0.4, -0.2) is 9.04 Å². The standard InChI is InChI=1S/C7H12O2Si/c1-10(2)9-6-7-3-4-8-5-7/h3-5,10H,6H2,1-2H3. The first-order chi connectivity index (χ1) is 4.79. The summed E-state index contributed by atoms with van der Waals surface area (Å²) in [5, 5.41) is 0. The lowest BCUT2D eigenvalue weighted by molar-refractivity contribution is 0.313. The Morgan fingerprint density at radius 3 is 2.90 bits per heavy atom. The van der Waals surface area contributed by atoms with Crippen LogP contribution < -0.4 is 0 Å². The van der Waals surface area contributed by atoms with Gasteiger partial charge in [-0.1, -0.05) is 0 Å². The van der Waals surface area contributed by atoms with Gasteiger partial charge >= 0.3 is 0 Å². The minimum Gasteiger partial charge on any atom is -0.472 e. The molecule has 0 aliphatic heterocycles. The zero-order valence-electron chi connectivity index (χ0n) is 6.33. The summed E-state index contributed by atoms with van der Waals surface area (Å²) in [6.45, 7) is 5.01. The van der Waals surface area contributed by atoms with Crippen molar-refractivity contribution >= 4 is 9.04 Å². The third-order valence-corrected chi connectivity index (χ3v) is 2.00. The lowest BCUT2D eigenvalue weighted by Crippen LogP contribution is -2.06. The van der Waals surface area contributed by atoms with Gasteiger partial charge in [-0.2, -0.15) is 0 Å². The third kappa shape index (κ3) is 2.37. The van der Waals surface area contributed by atoms with E-state index in [2.05, 4.69) is 13.1 Å². The van der Waals surface area contributed by atoms with Crippen LogP contribution in [0.15, 0.2) is 23.0 Å². The number of hydrogen-bond acceptors (Lipinski definition) is 2. The van der Waals surface area contributed by atoms with E-state index < -0.39 is 9.04 Å². The van der Waals surface area contributed by atoms with Gasteiger partial charge in [0.15, 0.2) is 9.04 Å². The van der Waals surface area contributed by atoms with Gasteiger partial charge < -0.3 is 8.84 Å². The minimum atomic E-state index is -0.857. The maximum atomic E-state index is 5.47. The lowest BCUT2D eigenvalue weighted by Gasteiger charge is -2.02. The molecule has 0 atom stereocenters. The first-order valence-electron chi connectivity index (χ1n) is 3.41. The van der Waals surface area contributed by atoms with E-state index in [1.165, 1.54) is 0 Å². The molecule has 0 spiro atoms. The highest BCUT2D eigenvalue weighted by Crippen LogP contribution is 2.02. The zero-order chi connectivity index (χ0) is 7.40. The Bertz CT molecular complexity index is 170. The summed E-state index contributed by atoms with van der Waals surface area (Å²) in [5.74, 6) is 0. The summed E-state index contributed by atoms with van der Waals surface area (Å²) >= 11 is 0. The second-order valence-electron chi connectivity index (χ2n) is 2.49. The predicted molar refractivity (Wildman–Crippen MR) is 42.4 cm³/mol. The molecule has 0 aliphatic rings.